The predicted molar refractivity (Wildman–Crippen MR) is 89.5 cm³/mol. The second-order valence-corrected chi connectivity index (χ2v) is 6.57. The topological polar surface area (TPSA) is 76.4 Å². The molecule has 0 aliphatic carbocycles. The molecule has 126 valence electrons. The molecule has 2 aromatic rings. The van der Waals surface area contributed by atoms with Crippen LogP contribution in [0.2, 0.25) is 0 Å². The number of nitrogens with one attached hydrogen (secondary N) is 1. The summed E-state index contributed by atoms with van der Waals surface area (Å²) in [5.74, 6) is 0.843. The lowest BCUT2D eigenvalue weighted by Crippen LogP contribution is -2.33. The first-order chi connectivity index (χ1) is 10.8. The third kappa shape index (κ3) is 4.69. The van der Waals surface area contributed by atoms with Gasteiger partial charge in [0.1, 0.15) is 11.4 Å². The number of carbonyl (C=O) groups excluding carboxylic acids is 1. The van der Waals surface area contributed by atoms with E-state index in [4.69, 9.17) is 4.74 Å². The summed E-state index contributed by atoms with van der Waals surface area (Å²) in [4.78, 5) is 16.3. The van der Waals surface area contributed by atoms with Crippen LogP contribution >= 0.6 is 0 Å². The Morgan fingerprint density at radius 3 is 2.78 bits per heavy atom. The fourth-order valence-corrected chi connectivity index (χ4v) is 2.42. The van der Waals surface area contributed by atoms with Crippen molar-refractivity contribution in [3.63, 3.8) is 0 Å². The standard InChI is InChI=1S/C17H25N3O3/c1-12-5-6-14-13(11-12)19-15(20(14)9-10-21)7-8-18-16(22)23-17(2,3)4/h5-6,11,21H,7-10H2,1-4H3,(H,18,22). The second kappa shape index (κ2) is 7.00. The first-order valence-corrected chi connectivity index (χ1v) is 7.83. The molecule has 2 rings (SSSR count). The van der Waals surface area contributed by atoms with Crippen LogP contribution in [0.1, 0.15) is 32.2 Å². The Bertz CT molecular complexity index is 686. The van der Waals surface area contributed by atoms with Crippen molar-refractivity contribution >= 4 is 17.1 Å². The quantitative estimate of drug-likeness (QED) is 0.887. The van der Waals surface area contributed by atoms with E-state index in [1.165, 1.54) is 0 Å². The first kappa shape index (κ1) is 17.3. The number of benzene rings is 1. The third-order valence-electron chi connectivity index (χ3n) is 3.32. The van der Waals surface area contributed by atoms with Gasteiger partial charge in [-0.05, 0) is 45.4 Å². The molecule has 0 atom stereocenters. The number of rotatable bonds is 5. The molecule has 6 nitrogen and oxygen atoms in total. The number of hydrogen-bond acceptors (Lipinski definition) is 4. The van der Waals surface area contributed by atoms with Crippen LogP contribution in [0.25, 0.3) is 11.0 Å². The molecular formula is C17H25N3O3. The number of nitrogens with zero attached hydrogens (tertiary/aromatic N) is 2. The van der Waals surface area contributed by atoms with E-state index in [2.05, 4.69) is 10.3 Å². The molecule has 1 amide bonds. The molecule has 0 bridgehead atoms. The molecular weight excluding hydrogens is 294 g/mol. The smallest absolute Gasteiger partial charge is 0.407 e. The zero-order valence-corrected chi connectivity index (χ0v) is 14.2. The van der Waals surface area contributed by atoms with Crippen LogP contribution < -0.4 is 5.32 Å². The minimum atomic E-state index is -0.508. The molecule has 0 saturated carbocycles. The lowest BCUT2D eigenvalue weighted by atomic mass is 10.2. The minimum absolute atomic E-state index is 0.0475. The Morgan fingerprint density at radius 1 is 1.39 bits per heavy atom. The summed E-state index contributed by atoms with van der Waals surface area (Å²) >= 11 is 0. The van der Waals surface area contributed by atoms with Gasteiger partial charge in [0.15, 0.2) is 0 Å². The maximum absolute atomic E-state index is 11.7. The van der Waals surface area contributed by atoms with Gasteiger partial charge < -0.3 is 19.7 Å². The van der Waals surface area contributed by atoms with Crippen LogP contribution in [0, 0.1) is 6.92 Å². The monoisotopic (exact) mass is 319 g/mol. The Morgan fingerprint density at radius 2 is 2.13 bits per heavy atom. The molecule has 1 aromatic heterocycles. The highest BCUT2D eigenvalue weighted by Gasteiger charge is 2.16. The first-order valence-electron chi connectivity index (χ1n) is 7.83. The zero-order valence-electron chi connectivity index (χ0n) is 14.2. The molecule has 0 fully saturated rings. The van der Waals surface area contributed by atoms with Crippen LogP contribution in [0.3, 0.4) is 0 Å². The van der Waals surface area contributed by atoms with E-state index in [-0.39, 0.29) is 6.61 Å². The van der Waals surface area contributed by atoms with Crippen LogP contribution in [-0.4, -0.2) is 39.5 Å². The maximum Gasteiger partial charge on any atom is 0.407 e. The van der Waals surface area contributed by atoms with E-state index in [1.807, 2.05) is 50.5 Å². The summed E-state index contributed by atoms with van der Waals surface area (Å²) in [6.07, 6.45) is 0.144. The van der Waals surface area contributed by atoms with Crippen LogP contribution in [0.5, 0.6) is 0 Å². The molecule has 23 heavy (non-hydrogen) atoms. The van der Waals surface area contributed by atoms with Gasteiger partial charge in [-0.2, -0.15) is 0 Å². The zero-order chi connectivity index (χ0) is 17.0. The lowest BCUT2D eigenvalue weighted by Gasteiger charge is -2.19. The Kier molecular flexibility index (Phi) is 5.26. The van der Waals surface area contributed by atoms with Crippen molar-refractivity contribution in [1.29, 1.82) is 0 Å². The molecule has 6 heteroatoms. The molecule has 0 spiro atoms. The van der Waals surface area contributed by atoms with Gasteiger partial charge in [-0.1, -0.05) is 6.07 Å². The highest BCUT2D eigenvalue weighted by atomic mass is 16.6. The van der Waals surface area contributed by atoms with Crippen LogP contribution in [0.4, 0.5) is 4.79 Å². The highest BCUT2D eigenvalue weighted by Crippen LogP contribution is 2.18. The van der Waals surface area contributed by atoms with Gasteiger partial charge in [0.05, 0.1) is 17.6 Å². The van der Waals surface area contributed by atoms with Crippen molar-refractivity contribution in [2.45, 2.75) is 46.3 Å². The normalized spacial score (nSPS) is 11.7. The van der Waals surface area contributed by atoms with Crippen molar-refractivity contribution in [1.82, 2.24) is 14.9 Å². The summed E-state index contributed by atoms with van der Waals surface area (Å²) in [6.45, 7) is 8.48. The minimum Gasteiger partial charge on any atom is -0.444 e. The van der Waals surface area contributed by atoms with Gasteiger partial charge in [-0.15, -0.1) is 0 Å². The van der Waals surface area contributed by atoms with E-state index >= 15 is 0 Å². The van der Waals surface area contributed by atoms with Crippen LogP contribution in [0.15, 0.2) is 18.2 Å². The molecule has 1 aromatic carbocycles. The summed E-state index contributed by atoms with van der Waals surface area (Å²) in [5, 5.41) is 12.0. The average Bonchev–Trinajstić information content (AvgIpc) is 2.74. The Labute approximate surface area is 136 Å². The number of aliphatic hydroxyl groups excluding tert-OH is 1. The maximum atomic E-state index is 11.7. The van der Waals surface area contributed by atoms with Gasteiger partial charge in [-0.25, -0.2) is 9.78 Å². The predicted octanol–water partition coefficient (Wildman–Crippen LogP) is 2.40. The van der Waals surface area contributed by atoms with Crippen molar-refractivity contribution in [2.75, 3.05) is 13.2 Å². The van der Waals surface area contributed by atoms with E-state index in [0.717, 1.165) is 22.4 Å². The number of ether oxygens (including phenoxy) is 1. The van der Waals surface area contributed by atoms with Gasteiger partial charge in [0, 0.05) is 19.5 Å². The Balaban J connectivity index is 2.07. The number of carbonyl (C=O) groups is 1. The largest absolute Gasteiger partial charge is 0.444 e. The fourth-order valence-electron chi connectivity index (χ4n) is 2.42. The number of aryl methyl sites for hydroxylation is 1. The second-order valence-electron chi connectivity index (χ2n) is 6.57. The van der Waals surface area contributed by atoms with Crippen LogP contribution in [-0.2, 0) is 17.7 Å². The van der Waals surface area contributed by atoms with Crippen molar-refractivity contribution in [3.05, 3.63) is 29.6 Å². The molecule has 0 saturated heterocycles. The van der Waals surface area contributed by atoms with Gasteiger partial charge >= 0.3 is 6.09 Å². The summed E-state index contributed by atoms with van der Waals surface area (Å²) < 4.78 is 7.20. The van der Waals surface area contributed by atoms with Crippen molar-refractivity contribution in [2.24, 2.45) is 0 Å². The van der Waals surface area contributed by atoms with E-state index in [1.54, 1.807) is 0 Å². The van der Waals surface area contributed by atoms with Gasteiger partial charge in [0.25, 0.3) is 0 Å². The highest BCUT2D eigenvalue weighted by molar-refractivity contribution is 5.77. The lowest BCUT2D eigenvalue weighted by molar-refractivity contribution is 0.0528. The molecule has 0 unspecified atom stereocenters. The number of aliphatic hydroxyl groups is 1. The summed E-state index contributed by atoms with van der Waals surface area (Å²) in [6, 6.07) is 6.06. The SMILES string of the molecule is Cc1ccc2c(c1)nc(CCNC(=O)OC(C)(C)C)n2CCO. The third-order valence-corrected chi connectivity index (χ3v) is 3.32. The van der Waals surface area contributed by atoms with E-state index < -0.39 is 11.7 Å². The van der Waals surface area contributed by atoms with Gasteiger partial charge in [0.2, 0.25) is 0 Å². The molecule has 2 N–H and O–H groups in total. The average molecular weight is 319 g/mol. The molecule has 1 heterocycles. The molecule has 0 aliphatic rings. The number of aromatic nitrogens is 2. The van der Waals surface area contributed by atoms with Gasteiger partial charge in [-0.3, -0.25) is 0 Å². The number of alkyl carbamates (subject to hydrolysis) is 1. The number of fused-ring (bicyclic) bond motifs is 1. The van der Waals surface area contributed by atoms with E-state index in [0.29, 0.717) is 19.5 Å². The fraction of sp³-hybridized carbons (Fsp3) is 0.529. The van der Waals surface area contributed by atoms with E-state index in [9.17, 15) is 9.90 Å². The number of amides is 1. The molecule has 0 radical (unpaired) electrons. The molecule has 0 aliphatic heterocycles. The number of imidazole rings is 1. The van der Waals surface area contributed by atoms with Crippen molar-refractivity contribution < 1.29 is 14.6 Å². The Hall–Kier alpha value is -2.08. The number of hydrogen-bond donors (Lipinski definition) is 2. The summed E-state index contributed by atoms with van der Waals surface area (Å²) in [7, 11) is 0. The summed E-state index contributed by atoms with van der Waals surface area (Å²) in [5.41, 5.74) is 2.54. The van der Waals surface area contributed by atoms with Crippen molar-refractivity contribution in [3.8, 4) is 0 Å².